The number of unbranched alkanes of at least 4 members (excludes halogenated alkanes) is 1. The zero-order valence-electron chi connectivity index (χ0n) is 14.3. The molecule has 6 heteroatoms. The number of aromatic hydroxyl groups is 1. The largest absolute Gasteiger partial charge is 0.506 e. The average molecular weight is 415 g/mol. The van der Waals surface area contributed by atoms with Gasteiger partial charge in [-0.25, -0.2) is 0 Å². The summed E-state index contributed by atoms with van der Waals surface area (Å²) in [5.74, 6) is -0.910. The Balaban J connectivity index is 2.12. The summed E-state index contributed by atoms with van der Waals surface area (Å²) >= 11 is 3.34. The number of carbonyl (C=O) groups is 1. The van der Waals surface area contributed by atoms with Crippen molar-refractivity contribution in [2.45, 2.75) is 26.3 Å². The quantitative estimate of drug-likeness (QED) is 0.644. The maximum atomic E-state index is 12.9. The minimum Gasteiger partial charge on any atom is -0.506 e. The molecule has 0 atom stereocenters. The van der Waals surface area contributed by atoms with Crippen LogP contribution >= 0.6 is 15.9 Å². The van der Waals surface area contributed by atoms with Crippen molar-refractivity contribution in [2.24, 2.45) is 0 Å². The molecule has 1 aromatic heterocycles. The molecule has 0 aliphatic rings. The van der Waals surface area contributed by atoms with Crippen molar-refractivity contribution in [3.05, 3.63) is 68.9 Å². The molecule has 134 valence electrons. The van der Waals surface area contributed by atoms with E-state index in [1.165, 1.54) is 0 Å². The topological polar surface area (TPSA) is 71.3 Å². The standard InChI is InChI=1S/C20H19BrN2O3/c1-2-3-11-23-16-10-5-4-9-15(16)18(24)17(20(23)26)19(25)22-14-8-6-7-13(21)12-14/h4-10,12,24H,2-3,11H2,1H3,(H,22,25). The molecule has 0 saturated heterocycles. The van der Waals surface area contributed by atoms with Crippen LogP contribution in [0.25, 0.3) is 10.9 Å². The van der Waals surface area contributed by atoms with Crippen LogP contribution in [0.5, 0.6) is 5.75 Å². The number of hydrogen-bond donors (Lipinski definition) is 2. The summed E-state index contributed by atoms with van der Waals surface area (Å²) in [4.78, 5) is 25.7. The first-order valence-corrected chi connectivity index (χ1v) is 9.23. The number of fused-ring (bicyclic) bond motifs is 1. The number of hydrogen-bond acceptors (Lipinski definition) is 3. The number of benzene rings is 2. The predicted molar refractivity (Wildman–Crippen MR) is 107 cm³/mol. The first-order chi connectivity index (χ1) is 12.5. The van der Waals surface area contributed by atoms with Gasteiger partial charge in [-0.05, 0) is 36.8 Å². The highest BCUT2D eigenvalue weighted by Crippen LogP contribution is 2.27. The van der Waals surface area contributed by atoms with Gasteiger partial charge in [-0.2, -0.15) is 0 Å². The number of nitrogens with one attached hydrogen (secondary N) is 1. The minimum absolute atomic E-state index is 0.236. The van der Waals surface area contributed by atoms with Crippen LogP contribution in [0.4, 0.5) is 5.69 Å². The van der Waals surface area contributed by atoms with Crippen LogP contribution in [-0.2, 0) is 6.54 Å². The monoisotopic (exact) mass is 414 g/mol. The van der Waals surface area contributed by atoms with Gasteiger partial charge in [0.15, 0.2) is 0 Å². The molecule has 0 spiro atoms. The summed E-state index contributed by atoms with van der Waals surface area (Å²) in [6.07, 6.45) is 1.72. The van der Waals surface area contributed by atoms with Gasteiger partial charge in [-0.3, -0.25) is 9.59 Å². The van der Waals surface area contributed by atoms with Gasteiger partial charge in [-0.1, -0.05) is 47.5 Å². The smallest absolute Gasteiger partial charge is 0.267 e. The van der Waals surface area contributed by atoms with E-state index in [9.17, 15) is 14.7 Å². The molecule has 0 bridgehead atoms. The lowest BCUT2D eigenvalue weighted by atomic mass is 10.1. The second-order valence-corrected chi connectivity index (χ2v) is 6.93. The highest BCUT2D eigenvalue weighted by atomic mass is 79.9. The van der Waals surface area contributed by atoms with Crippen molar-refractivity contribution in [3.63, 3.8) is 0 Å². The number of halogens is 1. The van der Waals surface area contributed by atoms with Crippen LogP contribution in [0.3, 0.4) is 0 Å². The summed E-state index contributed by atoms with van der Waals surface area (Å²) in [5, 5.41) is 13.8. The molecule has 5 nitrogen and oxygen atoms in total. The van der Waals surface area contributed by atoms with E-state index in [4.69, 9.17) is 0 Å². The van der Waals surface area contributed by atoms with Crippen molar-refractivity contribution in [2.75, 3.05) is 5.32 Å². The van der Waals surface area contributed by atoms with Crippen LogP contribution in [0.1, 0.15) is 30.1 Å². The van der Waals surface area contributed by atoms with E-state index in [0.717, 1.165) is 17.3 Å². The van der Waals surface area contributed by atoms with Crippen LogP contribution < -0.4 is 10.9 Å². The molecule has 3 rings (SSSR count). The van der Waals surface area contributed by atoms with Crippen LogP contribution in [0.15, 0.2) is 57.8 Å². The second kappa shape index (κ2) is 7.74. The zero-order chi connectivity index (χ0) is 18.7. The number of nitrogens with zero attached hydrogens (tertiary/aromatic N) is 1. The Bertz CT molecular complexity index is 1030. The Morgan fingerprint density at radius 3 is 2.69 bits per heavy atom. The molecule has 2 aromatic carbocycles. The Kier molecular flexibility index (Phi) is 5.42. The second-order valence-electron chi connectivity index (χ2n) is 6.02. The van der Waals surface area contributed by atoms with Gasteiger partial charge >= 0.3 is 0 Å². The molecular formula is C20H19BrN2O3. The molecule has 3 aromatic rings. The maximum Gasteiger partial charge on any atom is 0.267 e. The van der Waals surface area contributed by atoms with Crippen molar-refractivity contribution < 1.29 is 9.90 Å². The molecule has 26 heavy (non-hydrogen) atoms. The first kappa shape index (κ1) is 18.2. The van der Waals surface area contributed by atoms with Crippen LogP contribution in [0.2, 0.25) is 0 Å². The molecule has 1 amide bonds. The number of anilines is 1. The number of para-hydroxylation sites is 1. The summed E-state index contributed by atoms with van der Waals surface area (Å²) in [6.45, 7) is 2.53. The van der Waals surface area contributed by atoms with Gasteiger partial charge in [0.05, 0.1) is 5.52 Å². The number of amides is 1. The zero-order valence-corrected chi connectivity index (χ0v) is 15.9. The van der Waals surface area contributed by atoms with E-state index in [1.54, 1.807) is 41.0 Å². The van der Waals surface area contributed by atoms with Gasteiger partial charge in [0.25, 0.3) is 11.5 Å². The van der Waals surface area contributed by atoms with Gasteiger partial charge in [0, 0.05) is 22.1 Å². The fourth-order valence-corrected chi connectivity index (χ4v) is 3.29. The van der Waals surface area contributed by atoms with Crippen molar-refractivity contribution >= 4 is 38.4 Å². The van der Waals surface area contributed by atoms with Gasteiger partial charge in [0.1, 0.15) is 11.3 Å². The Morgan fingerprint density at radius 2 is 1.96 bits per heavy atom. The third-order valence-corrected chi connectivity index (χ3v) is 4.68. The summed E-state index contributed by atoms with van der Waals surface area (Å²) in [7, 11) is 0. The molecule has 2 N–H and O–H groups in total. The van der Waals surface area contributed by atoms with E-state index in [2.05, 4.69) is 21.2 Å². The fraction of sp³-hybridized carbons (Fsp3) is 0.200. The number of aryl methyl sites for hydroxylation is 1. The molecule has 0 aliphatic carbocycles. The predicted octanol–water partition coefficient (Wildman–Crippen LogP) is 4.52. The van der Waals surface area contributed by atoms with E-state index in [0.29, 0.717) is 23.1 Å². The minimum atomic E-state index is -0.624. The lowest BCUT2D eigenvalue weighted by molar-refractivity contribution is 0.102. The van der Waals surface area contributed by atoms with Crippen molar-refractivity contribution in [3.8, 4) is 5.75 Å². The molecule has 1 heterocycles. The summed E-state index contributed by atoms with van der Waals surface area (Å²) < 4.78 is 2.37. The van der Waals surface area contributed by atoms with E-state index >= 15 is 0 Å². The van der Waals surface area contributed by atoms with Gasteiger partial charge in [0.2, 0.25) is 0 Å². The number of aromatic nitrogens is 1. The Labute approximate surface area is 159 Å². The summed E-state index contributed by atoms with van der Waals surface area (Å²) in [5.41, 5.74) is 0.445. The van der Waals surface area contributed by atoms with Crippen LogP contribution in [0, 0.1) is 0 Å². The van der Waals surface area contributed by atoms with E-state index < -0.39 is 11.5 Å². The lowest BCUT2D eigenvalue weighted by Crippen LogP contribution is -2.30. The number of carbonyl (C=O) groups excluding carboxylic acids is 1. The Hall–Kier alpha value is -2.60. The highest BCUT2D eigenvalue weighted by Gasteiger charge is 2.22. The lowest BCUT2D eigenvalue weighted by Gasteiger charge is -2.15. The molecule has 0 unspecified atom stereocenters. The number of pyridine rings is 1. The van der Waals surface area contributed by atoms with Crippen molar-refractivity contribution in [1.29, 1.82) is 0 Å². The number of rotatable bonds is 5. The average Bonchev–Trinajstić information content (AvgIpc) is 2.62. The van der Waals surface area contributed by atoms with Crippen LogP contribution in [-0.4, -0.2) is 15.6 Å². The third-order valence-electron chi connectivity index (χ3n) is 4.19. The first-order valence-electron chi connectivity index (χ1n) is 8.44. The van der Waals surface area contributed by atoms with E-state index in [-0.39, 0.29) is 11.3 Å². The van der Waals surface area contributed by atoms with Gasteiger partial charge < -0.3 is 15.0 Å². The third kappa shape index (κ3) is 3.51. The molecule has 0 aliphatic heterocycles. The molecular weight excluding hydrogens is 396 g/mol. The Morgan fingerprint density at radius 1 is 1.19 bits per heavy atom. The maximum absolute atomic E-state index is 12.9. The van der Waals surface area contributed by atoms with Crippen molar-refractivity contribution in [1.82, 2.24) is 4.57 Å². The molecule has 0 radical (unpaired) electrons. The van der Waals surface area contributed by atoms with E-state index in [1.807, 2.05) is 19.1 Å². The molecule has 0 saturated carbocycles. The van der Waals surface area contributed by atoms with Gasteiger partial charge in [-0.15, -0.1) is 0 Å². The molecule has 0 fully saturated rings. The highest BCUT2D eigenvalue weighted by molar-refractivity contribution is 9.10. The SMILES string of the molecule is CCCCn1c(=O)c(C(=O)Nc2cccc(Br)c2)c(O)c2ccccc21. The summed E-state index contributed by atoms with van der Waals surface area (Å²) in [6, 6.07) is 14.1. The normalized spacial score (nSPS) is 10.8. The fourth-order valence-electron chi connectivity index (χ4n) is 2.89.